The lowest BCUT2D eigenvalue weighted by molar-refractivity contribution is 0.0724. The number of nitrogens with one attached hydrogen (secondary N) is 1. The van der Waals surface area contributed by atoms with Crippen LogP contribution in [0.3, 0.4) is 0 Å². The molecule has 5 rings (SSSR count). The third-order valence-corrected chi connectivity index (χ3v) is 5.18. The molecule has 140 valence electrons. The molecular formula is C21H20N6O. The van der Waals surface area contributed by atoms with Crippen LogP contribution >= 0.6 is 0 Å². The standard InChI is InChI=1S/C21H20N6O/c28-21(18-14-26(25-24-18)13-15-7-2-1-3-8-15)27-12-6-11-19(27)20-22-16-9-4-5-10-17(16)23-20/h1-5,7-10,14,19H,6,11-13H2,(H,22,23). The van der Waals surface area contributed by atoms with Crippen molar-refractivity contribution in [3.8, 4) is 0 Å². The lowest BCUT2D eigenvalue weighted by atomic mass is 10.2. The Labute approximate surface area is 162 Å². The molecule has 3 heterocycles. The number of rotatable bonds is 4. The second kappa shape index (κ2) is 6.92. The summed E-state index contributed by atoms with van der Waals surface area (Å²) >= 11 is 0. The molecule has 1 aliphatic heterocycles. The minimum absolute atomic E-state index is 0.0563. The average molecular weight is 372 g/mol. The zero-order chi connectivity index (χ0) is 18.9. The molecule has 1 aliphatic rings. The summed E-state index contributed by atoms with van der Waals surface area (Å²) in [6, 6.07) is 17.9. The lowest BCUT2D eigenvalue weighted by Gasteiger charge is -2.21. The van der Waals surface area contributed by atoms with Gasteiger partial charge < -0.3 is 9.88 Å². The molecule has 2 aromatic heterocycles. The fourth-order valence-corrected chi connectivity index (χ4v) is 3.82. The van der Waals surface area contributed by atoms with Crippen LogP contribution in [-0.4, -0.2) is 42.3 Å². The van der Waals surface area contributed by atoms with Crippen molar-refractivity contribution in [1.82, 2.24) is 29.9 Å². The number of hydrogen-bond donors (Lipinski definition) is 1. The summed E-state index contributed by atoms with van der Waals surface area (Å²) in [6.45, 7) is 1.29. The minimum Gasteiger partial charge on any atom is -0.340 e. The van der Waals surface area contributed by atoms with Gasteiger partial charge in [0.25, 0.3) is 5.91 Å². The molecule has 1 atom stereocenters. The molecule has 0 radical (unpaired) electrons. The van der Waals surface area contributed by atoms with Crippen LogP contribution in [0.5, 0.6) is 0 Å². The summed E-state index contributed by atoms with van der Waals surface area (Å²) < 4.78 is 1.70. The van der Waals surface area contributed by atoms with Crippen molar-refractivity contribution >= 4 is 16.9 Å². The van der Waals surface area contributed by atoms with E-state index >= 15 is 0 Å². The van der Waals surface area contributed by atoms with Gasteiger partial charge in [0.1, 0.15) is 5.82 Å². The summed E-state index contributed by atoms with van der Waals surface area (Å²) in [5, 5.41) is 8.25. The Bertz CT molecular complexity index is 1080. The number of carbonyl (C=O) groups excluding carboxylic acids is 1. The molecule has 0 spiro atoms. The molecule has 0 bridgehead atoms. The third kappa shape index (κ3) is 3.05. The Kier molecular flexibility index (Phi) is 4.12. The van der Waals surface area contributed by atoms with Gasteiger partial charge in [0.15, 0.2) is 5.69 Å². The summed E-state index contributed by atoms with van der Waals surface area (Å²) in [5.41, 5.74) is 3.41. The van der Waals surface area contributed by atoms with E-state index in [-0.39, 0.29) is 11.9 Å². The molecule has 0 saturated carbocycles. The first-order chi connectivity index (χ1) is 13.8. The number of aromatic nitrogens is 5. The maximum atomic E-state index is 13.1. The topological polar surface area (TPSA) is 79.7 Å². The van der Waals surface area contributed by atoms with Crippen molar-refractivity contribution in [1.29, 1.82) is 0 Å². The number of amides is 1. The molecule has 1 amide bonds. The van der Waals surface area contributed by atoms with Gasteiger partial charge in [0, 0.05) is 6.54 Å². The number of aromatic amines is 1. The third-order valence-electron chi connectivity index (χ3n) is 5.18. The first-order valence-electron chi connectivity index (χ1n) is 9.47. The maximum Gasteiger partial charge on any atom is 0.276 e. The van der Waals surface area contributed by atoms with Crippen LogP contribution < -0.4 is 0 Å². The van der Waals surface area contributed by atoms with E-state index in [4.69, 9.17) is 4.98 Å². The number of carbonyl (C=O) groups is 1. The number of H-pyrrole nitrogens is 1. The minimum atomic E-state index is -0.0951. The van der Waals surface area contributed by atoms with Crippen molar-refractivity contribution in [2.75, 3.05) is 6.54 Å². The predicted octanol–water partition coefficient (Wildman–Crippen LogP) is 3.18. The largest absolute Gasteiger partial charge is 0.340 e. The Morgan fingerprint density at radius 3 is 2.79 bits per heavy atom. The number of imidazole rings is 1. The number of hydrogen-bond acceptors (Lipinski definition) is 4. The zero-order valence-corrected chi connectivity index (χ0v) is 15.3. The highest BCUT2D eigenvalue weighted by Crippen LogP contribution is 2.32. The van der Waals surface area contributed by atoms with Crippen LogP contribution in [0.2, 0.25) is 0 Å². The van der Waals surface area contributed by atoms with E-state index in [9.17, 15) is 4.79 Å². The Morgan fingerprint density at radius 2 is 1.93 bits per heavy atom. The molecular weight excluding hydrogens is 352 g/mol. The van der Waals surface area contributed by atoms with Gasteiger partial charge in [-0.3, -0.25) is 4.79 Å². The second-order valence-electron chi connectivity index (χ2n) is 7.08. The van der Waals surface area contributed by atoms with Gasteiger partial charge in [-0.25, -0.2) is 9.67 Å². The summed E-state index contributed by atoms with van der Waals surface area (Å²) in [5.74, 6) is 0.742. The molecule has 1 unspecified atom stereocenters. The SMILES string of the molecule is O=C(c1cn(Cc2ccccc2)nn1)N1CCCC1c1nc2ccccc2[nH]1. The summed E-state index contributed by atoms with van der Waals surface area (Å²) in [6.07, 6.45) is 3.57. The van der Waals surface area contributed by atoms with Gasteiger partial charge in [-0.15, -0.1) is 5.10 Å². The van der Waals surface area contributed by atoms with E-state index in [0.717, 1.165) is 35.3 Å². The Hall–Kier alpha value is -3.48. The number of benzene rings is 2. The number of para-hydroxylation sites is 2. The lowest BCUT2D eigenvalue weighted by Crippen LogP contribution is -2.31. The van der Waals surface area contributed by atoms with Gasteiger partial charge in [0.05, 0.1) is 29.8 Å². The van der Waals surface area contributed by atoms with Crippen molar-refractivity contribution in [2.24, 2.45) is 0 Å². The molecule has 2 aromatic carbocycles. The maximum absolute atomic E-state index is 13.1. The van der Waals surface area contributed by atoms with E-state index in [1.54, 1.807) is 10.9 Å². The molecule has 1 saturated heterocycles. The first kappa shape index (κ1) is 16.7. The number of fused-ring (bicyclic) bond motifs is 1. The van der Waals surface area contributed by atoms with E-state index in [0.29, 0.717) is 18.8 Å². The van der Waals surface area contributed by atoms with E-state index in [2.05, 4.69) is 15.3 Å². The van der Waals surface area contributed by atoms with Crippen LogP contribution in [0.4, 0.5) is 0 Å². The van der Waals surface area contributed by atoms with Crippen LogP contribution in [0.25, 0.3) is 11.0 Å². The van der Waals surface area contributed by atoms with Gasteiger partial charge in [-0.05, 0) is 30.5 Å². The number of likely N-dealkylation sites (tertiary alicyclic amines) is 1. The van der Waals surface area contributed by atoms with Gasteiger partial charge in [-0.2, -0.15) is 0 Å². The summed E-state index contributed by atoms with van der Waals surface area (Å²) in [7, 11) is 0. The molecule has 0 aliphatic carbocycles. The van der Waals surface area contributed by atoms with Crippen LogP contribution in [0.1, 0.15) is 40.8 Å². The highest BCUT2D eigenvalue weighted by Gasteiger charge is 2.33. The van der Waals surface area contributed by atoms with E-state index in [1.165, 1.54) is 0 Å². The first-order valence-corrected chi connectivity index (χ1v) is 9.47. The fraction of sp³-hybridized carbons (Fsp3) is 0.238. The van der Waals surface area contributed by atoms with Gasteiger partial charge in [0.2, 0.25) is 0 Å². The molecule has 1 fully saturated rings. The highest BCUT2D eigenvalue weighted by atomic mass is 16.2. The molecule has 4 aromatic rings. The van der Waals surface area contributed by atoms with Gasteiger partial charge in [-0.1, -0.05) is 47.7 Å². The van der Waals surface area contributed by atoms with Crippen molar-refractivity contribution < 1.29 is 4.79 Å². The number of nitrogens with zero attached hydrogens (tertiary/aromatic N) is 5. The van der Waals surface area contributed by atoms with Crippen LogP contribution in [-0.2, 0) is 6.54 Å². The van der Waals surface area contributed by atoms with Crippen LogP contribution in [0, 0.1) is 0 Å². The van der Waals surface area contributed by atoms with Crippen LogP contribution in [0.15, 0.2) is 60.8 Å². The Balaban J connectivity index is 1.37. The highest BCUT2D eigenvalue weighted by molar-refractivity contribution is 5.92. The summed E-state index contributed by atoms with van der Waals surface area (Å²) in [4.78, 5) is 23.0. The Morgan fingerprint density at radius 1 is 1.11 bits per heavy atom. The zero-order valence-electron chi connectivity index (χ0n) is 15.3. The average Bonchev–Trinajstić information content (AvgIpc) is 3.46. The van der Waals surface area contributed by atoms with Gasteiger partial charge >= 0.3 is 0 Å². The molecule has 28 heavy (non-hydrogen) atoms. The quantitative estimate of drug-likeness (QED) is 0.597. The van der Waals surface area contributed by atoms with Crippen molar-refractivity contribution in [2.45, 2.75) is 25.4 Å². The van der Waals surface area contributed by atoms with E-state index in [1.807, 2.05) is 59.5 Å². The van der Waals surface area contributed by atoms with Crippen molar-refractivity contribution in [3.05, 3.63) is 77.9 Å². The molecule has 1 N–H and O–H groups in total. The second-order valence-corrected chi connectivity index (χ2v) is 7.08. The van der Waals surface area contributed by atoms with Crippen molar-refractivity contribution in [3.63, 3.8) is 0 Å². The predicted molar refractivity (Wildman–Crippen MR) is 105 cm³/mol. The van der Waals surface area contributed by atoms with E-state index < -0.39 is 0 Å². The molecule has 7 nitrogen and oxygen atoms in total. The monoisotopic (exact) mass is 372 g/mol. The smallest absolute Gasteiger partial charge is 0.276 e. The normalized spacial score (nSPS) is 16.7. The fourth-order valence-electron chi connectivity index (χ4n) is 3.82. The molecule has 7 heteroatoms.